The Morgan fingerprint density at radius 3 is 2.94 bits per heavy atom. The first-order valence-corrected chi connectivity index (χ1v) is 5.90. The van der Waals surface area contributed by atoms with Crippen LogP contribution < -0.4 is 5.32 Å². The molecule has 0 bridgehead atoms. The van der Waals surface area contributed by atoms with E-state index in [1.807, 2.05) is 0 Å². The molecular formula is C12H15ClN2O2. The topological polar surface area (TPSA) is 52.6 Å². The summed E-state index contributed by atoms with van der Waals surface area (Å²) in [6, 6.07) is 5.04. The van der Waals surface area contributed by atoms with E-state index in [0.29, 0.717) is 10.7 Å². The molecule has 1 saturated heterocycles. The number of nitrogens with one attached hydrogen (secondary N) is 1. The van der Waals surface area contributed by atoms with Gasteiger partial charge in [-0.05, 0) is 24.1 Å². The van der Waals surface area contributed by atoms with E-state index in [9.17, 15) is 4.79 Å². The maximum atomic E-state index is 11.7. The molecule has 0 radical (unpaired) electrons. The van der Waals surface area contributed by atoms with E-state index in [0.717, 1.165) is 18.5 Å². The molecule has 1 aliphatic heterocycles. The third-order valence-electron chi connectivity index (χ3n) is 2.97. The molecule has 0 saturated carbocycles. The number of carbonyl (C=O) groups excluding carboxylic acids is 1. The quantitative estimate of drug-likeness (QED) is 0.859. The highest BCUT2D eigenvalue weighted by Crippen LogP contribution is 2.25. The summed E-state index contributed by atoms with van der Waals surface area (Å²) in [5.41, 5.74) is 1.47. The van der Waals surface area contributed by atoms with Gasteiger partial charge in [-0.15, -0.1) is 0 Å². The molecule has 1 atom stereocenters. The summed E-state index contributed by atoms with van der Waals surface area (Å²) in [5, 5.41) is 12.8. The Kier molecular flexibility index (Phi) is 3.54. The molecule has 0 aliphatic carbocycles. The number of aliphatic hydroxyl groups excluding tert-OH is 1. The molecule has 1 heterocycles. The van der Waals surface area contributed by atoms with Crippen molar-refractivity contribution in [3.63, 3.8) is 0 Å². The summed E-state index contributed by atoms with van der Waals surface area (Å²) in [5.74, 6) is 0.0791. The summed E-state index contributed by atoms with van der Waals surface area (Å²) in [4.78, 5) is 13.4. The molecule has 92 valence electrons. The van der Waals surface area contributed by atoms with Crippen LogP contribution in [-0.2, 0) is 11.4 Å². The molecule has 4 nitrogen and oxygen atoms in total. The van der Waals surface area contributed by atoms with Crippen molar-refractivity contribution >= 4 is 23.2 Å². The lowest BCUT2D eigenvalue weighted by Crippen LogP contribution is -2.31. The van der Waals surface area contributed by atoms with Crippen molar-refractivity contribution in [1.29, 1.82) is 0 Å². The van der Waals surface area contributed by atoms with Gasteiger partial charge in [-0.2, -0.15) is 0 Å². The van der Waals surface area contributed by atoms with Gasteiger partial charge in [-0.1, -0.05) is 17.7 Å². The molecule has 1 aliphatic rings. The average Bonchev–Trinajstić information content (AvgIpc) is 2.64. The Labute approximate surface area is 105 Å². The van der Waals surface area contributed by atoms with Gasteiger partial charge in [0.05, 0.1) is 17.3 Å². The standard InChI is InChI=1S/C12H15ClN2O2/c1-15-5-4-10(12(15)17)14-11-6-8(7-16)2-3-9(11)13/h2-3,6,10,14,16H,4-5,7H2,1H3. The maximum Gasteiger partial charge on any atom is 0.244 e. The summed E-state index contributed by atoms with van der Waals surface area (Å²) in [7, 11) is 1.79. The van der Waals surface area contributed by atoms with Crippen LogP contribution in [0, 0.1) is 0 Å². The largest absolute Gasteiger partial charge is 0.392 e. The molecule has 0 aromatic heterocycles. The molecule has 1 aromatic carbocycles. The van der Waals surface area contributed by atoms with Crippen LogP contribution in [0.2, 0.25) is 5.02 Å². The first kappa shape index (κ1) is 12.2. The number of anilines is 1. The van der Waals surface area contributed by atoms with Gasteiger partial charge in [0.1, 0.15) is 6.04 Å². The first-order valence-electron chi connectivity index (χ1n) is 5.52. The Hall–Kier alpha value is -1.26. The number of amides is 1. The molecule has 2 rings (SSSR count). The second-order valence-corrected chi connectivity index (χ2v) is 4.62. The SMILES string of the molecule is CN1CCC(Nc2cc(CO)ccc2Cl)C1=O. The number of aliphatic hydroxyl groups is 1. The number of likely N-dealkylation sites (N-methyl/N-ethyl adjacent to an activating group) is 1. The molecule has 1 fully saturated rings. The lowest BCUT2D eigenvalue weighted by molar-refractivity contribution is -0.127. The average molecular weight is 255 g/mol. The molecule has 17 heavy (non-hydrogen) atoms. The number of nitrogens with zero attached hydrogens (tertiary/aromatic N) is 1. The van der Waals surface area contributed by atoms with Crippen molar-refractivity contribution in [2.45, 2.75) is 19.1 Å². The monoisotopic (exact) mass is 254 g/mol. The molecule has 0 spiro atoms. The maximum absolute atomic E-state index is 11.7. The van der Waals surface area contributed by atoms with Gasteiger partial charge in [0.15, 0.2) is 0 Å². The third-order valence-corrected chi connectivity index (χ3v) is 3.30. The second-order valence-electron chi connectivity index (χ2n) is 4.22. The van der Waals surface area contributed by atoms with Crippen LogP contribution in [0.4, 0.5) is 5.69 Å². The molecule has 2 N–H and O–H groups in total. The predicted octanol–water partition coefficient (Wildman–Crippen LogP) is 1.47. The van der Waals surface area contributed by atoms with Crippen LogP contribution >= 0.6 is 11.6 Å². The zero-order valence-corrected chi connectivity index (χ0v) is 10.4. The summed E-state index contributed by atoms with van der Waals surface area (Å²) < 4.78 is 0. The van der Waals surface area contributed by atoms with Crippen LogP contribution in [0.25, 0.3) is 0 Å². The van der Waals surface area contributed by atoms with Crippen LogP contribution in [0.5, 0.6) is 0 Å². The van der Waals surface area contributed by atoms with Crippen LogP contribution in [0.1, 0.15) is 12.0 Å². The first-order chi connectivity index (χ1) is 8.11. The van der Waals surface area contributed by atoms with Crippen molar-refractivity contribution in [2.75, 3.05) is 18.9 Å². The van der Waals surface area contributed by atoms with Crippen molar-refractivity contribution in [3.05, 3.63) is 28.8 Å². The molecule has 5 heteroatoms. The minimum Gasteiger partial charge on any atom is -0.392 e. The summed E-state index contributed by atoms with van der Waals surface area (Å²) in [6.07, 6.45) is 0.773. The Morgan fingerprint density at radius 1 is 1.59 bits per heavy atom. The molecule has 1 amide bonds. The van der Waals surface area contributed by atoms with E-state index >= 15 is 0 Å². The van der Waals surface area contributed by atoms with Crippen LogP contribution in [-0.4, -0.2) is 35.5 Å². The number of halogens is 1. The van der Waals surface area contributed by atoms with Gasteiger partial charge in [0, 0.05) is 13.6 Å². The zero-order valence-electron chi connectivity index (χ0n) is 9.61. The van der Waals surface area contributed by atoms with Gasteiger partial charge < -0.3 is 15.3 Å². The Balaban J connectivity index is 2.15. The van der Waals surface area contributed by atoms with Crippen molar-refractivity contribution < 1.29 is 9.90 Å². The number of carbonyl (C=O) groups is 1. The summed E-state index contributed by atoms with van der Waals surface area (Å²) in [6.45, 7) is 0.720. The third kappa shape index (κ3) is 2.53. The number of hydrogen-bond donors (Lipinski definition) is 2. The van der Waals surface area contributed by atoms with Gasteiger partial charge in [-0.25, -0.2) is 0 Å². The number of benzene rings is 1. The second kappa shape index (κ2) is 4.94. The number of likely N-dealkylation sites (tertiary alicyclic amines) is 1. The molecule has 1 aromatic rings. The van der Waals surface area contributed by atoms with Gasteiger partial charge in [-0.3, -0.25) is 4.79 Å². The minimum absolute atomic E-state index is 0.0373. The lowest BCUT2D eigenvalue weighted by atomic mass is 10.2. The zero-order chi connectivity index (χ0) is 12.4. The van der Waals surface area contributed by atoms with E-state index < -0.39 is 0 Å². The highest BCUT2D eigenvalue weighted by molar-refractivity contribution is 6.33. The van der Waals surface area contributed by atoms with Crippen LogP contribution in [0.3, 0.4) is 0 Å². The fraction of sp³-hybridized carbons (Fsp3) is 0.417. The molecular weight excluding hydrogens is 240 g/mol. The van der Waals surface area contributed by atoms with E-state index in [1.165, 1.54) is 0 Å². The number of hydrogen-bond acceptors (Lipinski definition) is 3. The normalized spacial score (nSPS) is 19.8. The summed E-state index contributed by atoms with van der Waals surface area (Å²) >= 11 is 6.05. The van der Waals surface area contributed by atoms with Crippen molar-refractivity contribution in [3.8, 4) is 0 Å². The highest BCUT2D eigenvalue weighted by Gasteiger charge is 2.29. The Morgan fingerprint density at radius 2 is 2.35 bits per heavy atom. The smallest absolute Gasteiger partial charge is 0.244 e. The highest BCUT2D eigenvalue weighted by atomic mass is 35.5. The number of rotatable bonds is 3. The molecule has 1 unspecified atom stereocenters. The Bertz CT molecular complexity index is 437. The van der Waals surface area contributed by atoms with Gasteiger partial charge in [0.2, 0.25) is 5.91 Å². The lowest BCUT2D eigenvalue weighted by Gasteiger charge is -2.15. The van der Waals surface area contributed by atoms with E-state index in [2.05, 4.69) is 5.32 Å². The fourth-order valence-electron chi connectivity index (χ4n) is 1.93. The van der Waals surface area contributed by atoms with Gasteiger partial charge >= 0.3 is 0 Å². The van der Waals surface area contributed by atoms with Crippen molar-refractivity contribution in [1.82, 2.24) is 4.90 Å². The van der Waals surface area contributed by atoms with E-state index in [4.69, 9.17) is 16.7 Å². The minimum atomic E-state index is -0.216. The fourth-order valence-corrected chi connectivity index (χ4v) is 2.10. The van der Waals surface area contributed by atoms with Crippen molar-refractivity contribution in [2.24, 2.45) is 0 Å². The van der Waals surface area contributed by atoms with E-state index in [-0.39, 0.29) is 18.6 Å². The van der Waals surface area contributed by atoms with E-state index in [1.54, 1.807) is 30.1 Å². The van der Waals surface area contributed by atoms with Crippen LogP contribution in [0.15, 0.2) is 18.2 Å². The predicted molar refractivity (Wildman–Crippen MR) is 67.0 cm³/mol. The van der Waals surface area contributed by atoms with Gasteiger partial charge in [0.25, 0.3) is 0 Å².